The fraction of sp³-hybridized carbons (Fsp3) is 0.133. The average molecular weight is 472 g/mol. The highest BCUT2D eigenvalue weighted by Crippen LogP contribution is 2.33. The van der Waals surface area contributed by atoms with Gasteiger partial charge in [-0.2, -0.15) is 0 Å². The Labute approximate surface area is 163 Å². The topological polar surface area (TPSA) is 54.5 Å². The van der Waals surface area contributed by atoms with E-state index in [0.29, 0.717) is 0 Å². The molecule has 0 spiro atoms. The molecule has 0 bridgehead atoms. The second-order valence-electron chi connectivity index (χ2n) is 4.83. The first-order chi connectivity index (χ1) is 11.1. The van der Waals surface area contributed by atoms with Gasteiger partial charge >= 0.3 is 0 Å². The SMILES string of the molecule is CC(C(=O)Cl)N(c1ccc(Br)cc1)S(=O)(=O)c1cc(Cl)ccc1Cl. The van der Waals surface area contributed by atoms with E-state index in [-0.39, 0.29) is 20.6 Å². The average Bonchev–Trinajstić information content (AvgIpc) is 2.51. The lowest BCUT2D eigenvalue weighted by molar-refractivity contribution is -0.112. The summed E-state index contributed by atoms with van der Waals surface area (Å²) < 4.78 is 27.9. The highest BCUT2D eigenvalue weighted by Gasteiger charge is 2.34. The number of hydrogen-bond donors (Lipinski definition) is 0. The Balaban J connectivity index is 2.67. The fourth-order valence-electron chi connectivity index (χ4n) is 2.03. The molecule has 0 saturated carbocycles. The molecule has 1 unspecified atom stereocenters. The van der Waals surface area contributed by atoms with Crippen LogP contribution in [0.25, 0.3) is 0 Å². The minimum atomic E-state index is -4.17. The molecule has 0 radical (unpaired) electrons. The van der Waals surface area contributed by atoms with E-state index in [2.05, 4.69) is 15.9 Å². The lowest BCUT2D eigenvalue weighted by atomic mass is 10.3. The molecule has 2 aromatic rings. The summed E-state index contributed by atoms with van der Waals surface area (Å²) in [7, 11) is -4.17. The molecule has 2 aromatic carbocycles. The Bertz CT molecular complexity index is 872. The number of carbonyl (C=O) groups is 1. The van der Waals surface area contributed by atoms with E-state index in [1.54, 1.807) is 24.3 Å². The van der Waals surface area contributed by atoms with E-state index >= 15 is 0 Å². The number of halogens is 4. The van der Waals surface area contributed by atoms with Crippen LogP contribution >= 0.6 is 50.7 Å². The quantitative estimate of drug-likeness (QED) is 0.570. The zero-order valence-electron chi connectivity index (χ0n) is 12.2. The number of hydrogen-bond acceptors (Lipinski definition) is 3. The van der Waals surface area contributed by atoms with Crippen molar-refractivity contribution in [2.24, 2.45) is 0 Å². The Hall–Kier alpha value is -0.790. The predicted octanol–water partition coefficient (Wildman–Crippen LogP) is 5.11. The van der Waals surface area contributed by atoms with Gasteiger partial charge in [-0.05, 0) is 61.0 Å². The first-order valence-electron chi connectivity index (χ1n) is 6.59. The van der Waals surface area contributed by atoms with Gasteiger partial charge in [0.15, 0.2) is 0 Å². The van der Waals surface area contributed by atoms with Gasteiger partial charge in [0.1, 0.15) is 10.9 Å². The number of benzene rings is 2. The van der Waals surface area contributed by atoms with Gasteiger partial charge in [-0.1, -0.05) is 39.1 Å². The van der Waals surface area contributed by atoms with Crippen molar-refractivity contribution in [3.63, 3.8) is 0 Å². The maximum absolute atomic E-state index is 13.1. The first-order valence-corrected chi connectivity index (χ1v) is 9.95. The Morgan fingerprint density at radius 2 is 1.71 bits per heavy atom. The second-order valence-corrected chi connectivity index (χ2v) is 8.75. The van der Waals surface area contributed by atoms with Gasteiger partial charge in [-0.25, -0.2) is 8.42 Å². The minimum Gasteiger partial charge on any atom is -0.279 e. The van der Waals surface area contributed by atoms with E-state index in [1.165, 1.54) is 25.1 Å². The molecule has 0 aliphatic carbocycles. The molecule has 128 valence electrons. The Kier molecular flexibility index (Phi) is 6.20. The van der Waals surface area contributed by atoms with Crippen LogP contribution in [-0.4, -0.2) is 19.7 Å². The molecule has 4 nitrogen and oxygen atoms in total. The molecule has 0 aliphatic heterocycles. The molecule has 0 heterocycles. The molecule has 1 atom stereocenters. The molecule has 9 heteroatoms. The van der Waals surface area contributed by atoms with Gasteiger partial charge in [0, 0.05) is 9.50 Å². The van der Waals surface area contributed by atoms with Crippen LogP contribution in [0.1, 0.15) is 6.92 Å². The second kappa shape index (κ2) is 7.62. The van der Waals surface area contributed by atoms with Gasteiger partial charge in [-0.15, -0.1) is 0 Å². The van der Waals surface area contributed by atoms with Crippen LogP contribution in [0.2, 0.25) is 10.0 Å². The third-order valence-electron chi connectivity index (χ3n) is 3.19. The Morgan fingerprint density at radius 1 is 1.12 bits per heavy atom. The van der Waals surface area contributed by atoms with Gasteiger partial charge in [-0.3, -0.25) is 9.10 Å². The Morgan fingerprint density at radius 3 is 2.25 bits per heavy atom. The van der Waals surface area contributed by atoms with Crippen molar-refractivity contribution in [1.82, 2.24) is 0 Å². The molecular weight excluding hydrogens is 460 g/mol. The standard InChI is InChI=1S/C15H11BrCl3NO3S/c1-9(15(19)21)20(12-5-2-10(16)3-6-12)24(22,23)14-8-11(17)4-7-13(14)18/h2-9H,1H3. The maximum Gasteiger partial charge on any atom is 0.266 e. The van der Waals surface area contributed by atoms with E-state index < -0.39 is 21.3 Å². The van der Waals surface area contributed by atoms with Crippen LogP contribution in [0.3, 0.4) is 0 Å². The van der Waals surface area contributed by atoms with Gasteiger partial charge in [0.25, 0.3) is 10.0 Å². The first kappa shape index (κ1) is 19.5. The summed E-state index contributed by atoms with van der Waals surface area (Å²) in [5.41, 5.74) is 0.274. The largest absolute Gasteiger partial charge is 0.279 e. The number of rotatable bonds is 5. The molecule has 0 fully saturated rings. The van der Waals surface area contributed by atoms with Crippen LogP contribution in [0.5, 0.6) is 0 Å². The summed E-state index contributed by atoms with van der Waals surface area (Å²) in [6.45, 7) is 1.40. The van der Waals surface area contributed by atoms with Crippen LogP contribution in [0, 0.1) is 0 Å². The van der Waals surface area contributed by atoms with Crippen molar-refractivity contribution in [2.45, 2.75) is 17.9 Å². The summed E-state index contributed by atoms with van der Waals surface area (Å²) in [5, 5.41) is -0.617. The zero-order chi connectivity index (χ0) is 18.1. The number of carbonyl (C=O) groups excluding carboxylic acids is 1. The third kappa shape index (κ3) is 4.06. The molecular formula is C15H11BrCl3NO3S. The van der Waals surface area contributed by atoms with Crippen molar-refractivity contribution < 1.29 is 13.2 Å². The minimum absolute atomic E-state index is 0.00395. The molecule has 0 aromatic heterocycles. The van der Waals surface area contributed by atoms with Crippen molar-refractivity contribution >= 4 is 71.7 Å². The highest BCUT2D eigenvalue weighted by molar-refractivity contribution is 9.10. The normalized spacial score (nSPS) is 12.7. The van der Waals surface area contributed by atoms with Gasteiger partial charge < -0.3 is 0 Å². The van der Waals surface area contributed by atoms with Crippen LogP contribution in [0.15, 0.2) is 51.8 Å². The molecule has 24 heavy (non-hydrogen) atoms. The van der Waals surface area contributed by atoms with E-state index in [9.17, 15) is 13.2 Å². The van der Waals surface area contributed by atoms with E-state index in [0.717, 1.165) is 8.78 Å². The van der Waals surface area contributed by atoms with Crippen LogP contribution < -0.4 is 4.31 Å². The molecule has 2 rings (SSSR count). The predicted molar refractivity (Wildman–Crippen MR) is 101 cm³/mol. The zero-order valence-corrected chi connectivity index (χ0v) is 16.9. The van der Waals surface area contributed by atoms with Crippen LogP contribution in [-0.2, 0) is 14.8 Å². The molecule has 0 amide bonds. The highest BCUT2D eigenvalue weighted by atomic mass is 79.9. The number of nitrogens with zero attached hydrogens (tertiary/aromatic N) is 1. The summed E-state index contributed by atoms with van der Waals surface area (Å²) >= 11 is 20.8. The van der Waals surface area contributed by atoms with E-state index in [1.807, 2.05) is 0 Å². The number of anilines is 1. The summed E-state index contributed by atoms with van der Waals surface area (Å²) in [6.07, 6.45) is 0. The summed E-state index contributed by atoms with van der Waals surface area (Å²) in [5.74, 6) is 0. The van der Waals surface area contributed by atoms with Crippen molar-refractivity contribution in [3.8, 4) is 0 Å². The van der Waals surface area contributed by atoms with E-state index in [4.69, 9.17) is 34.8 Å². The lowest BCUT2D eigenvalue weighted by Gasteiger charge is -2.28. The van der Waals surface area contributed by atoms with Gasteiger partial charge in [0.05, 0.1) is 10.7 Å². The lowest BCUT2D eigenvalue weighted by Crippen LogP contribution is -2.42. The maximum atomic E-state index is 13.1. The van der Waals surface area contributed by atoms with Crippen molar-refractivity contribution in [1.29, 1.82) is 0 Å². The molecule has 0 N–H and O–H groups in total. The third-order valence-corrected chi connectivity index (χ3v) is 6.65. The molecule has 0 saturated heterocycles. The summed E-state index contributed by atoms with van der Waals surface area (Å²) in [4.78, 5) is 11.4. The monoisotopic (exact) mass is 469 g/mol. The van der Waals surface area contributed by atoms with Crippen molar-refractivity contribution in [2.75, 3.05) is 4.31 Å². The van der Waals surface area contributed by atoms with Gasteiger partial charge in [0.2, 0.25) is 5.24 Å². The smallest absolute Gasteiger partial charge is 0.266 e. The fourth-order valence-corrected chi connectivity index (χ4v) is 4.81. The molecule has 0 aliphatic rings. The number of sulfonamides is 1. The van der Waals surface area contributed by atoms with Crippen LogP contribution in [0.4, 0.5) is 5.69 Å². The summed E-state index contributed by atoms with van der Waals surface area (Å²) in [6, 6.07) is 9.37. The van der Waals surface area contributed by atoms with Crippen molar-refractivity contribution in [3.05, 3.63) is 57.0 Å².